The molecule has 0 saturated heterocycles. The lowest BCUT2D eigenvalue weighted by molar-refractivity contribution is -0.137. The van der Waals surface area contributed by atoms with Crippen molar-refractivity contribution in [2.24, 2.45) is 0 Å². The maximum absolute atomic E-state index is 13.2. The Balaban J connectivity index is 1.95. The van der Waals surface area contributed by atoms with Crippen LogP contribution in [0.15, 0.2) is 55.8 Å². The summed E-state index contributed by atoms with van der Waals surface area (Å²) in [5, 5.41) is 0.855. The van der Waals surface area contributed by atoms with Crippen molar-refractivity contribution < 1.29 is 26.9 Å². The summed E-state index contributed by atoms with van der Waals surface area (Å²) in [6.07, 6.45) is 1.94. The SMILES string of the molecule is CSC(=Cc1ccc(C(F)(F)F)cc1OCc1cc(Br)c2occc2c1)[S+](C)[O-]. The van der Waals surface area contributed by atoms with E-state index < -0.39 is 22.9 Å². The van der Waals surface area contributed by atoms with Crippen LogP contribution in [-0.2, 0) is 24.0 Å². The molecule has 0 aliphatic heterocycles. The topological polar surface area (TPSA) is 45.4 Å². The van der Waals surface area contributed by atoms with Crippen molar-refractivity contribution in [1.82, 2.24) is 0 Å². The number of ether oxygens (including phenoxy) is 1. The number of fused-ring (bicyclic) bond motifs is 1. The Morgan fingerprint density at radius 3 is 2.69 bits per heavy atom. The Kier molecular flexibility index (Phi) is 6.93. The fraction of sp³-hybridized carbons (Fsp3) is 0.200. The Morgan fingerprint density at radius 1 is 1.28 bits per heavy atom. The second-order valence-corrected chi connectivity index (χ2v) is 9.39. The zero-order valence-corrected chi connectivity index (χ0v) is 18.6. The van der Waals surface area contributed by atoms with Crippen molar-refractivity contribution in [3.8, 4) is 5.75 Å². The molecule has 1 heterocycles. The zero-order valence-electron chi connectivity index (χ0n) is 15.4. The third-order valence-corrected chi connectivity index (χ3v) is 7.06. The van der Waals surface area contributed by atoms with Crippen LogP contribution < -0.4 is 4.74 Å². The molecule has 2 aromatic carbocycles. The highest BCUT2D eigenvalue weighted by Gasteiger charge is 2.31. The van der Waals surface area contributed by atoms with Gasteiger partial charge < -0.3 is 13.7 Å². The van der Waals surface area contributed by atoms with Gasteiger partial charge in [0.25, 0.3) is 0 Å². The van der Waals surface area contributed by atoms with E-state index in [-0.39, 0.29) is 12.4 Å². The molecule has 0 amide bonds. The molecule has 3 aromatic rings. The van der Waals surface area contributed by atoms with Crippen LogP contribution in [0.2, 0.25) is 0 Å². The van der Waals surface area contributed by atoms with E-state index in [0.717, 1.165) is 27.6 Å². The molecule has 1 atom stereocenters. The first kappa shape index (κ1) is 22.1. The van der Waals surface area contributed by atoms with Gasteiger partial charge >= 0.3 is 6.18 Å². The van der Waals surface area contributed by atoms with Crippen LogP contribution in [0.25, 0.3) is 17.0 Å². The van der Waals surface area contributed by atoms with Crippen LogP contribution in [0.4, 0.5) is 13.2 Å². The lowest BCUT2D eigenvalue weighted by Gasteiger charge is -2.14. The van der Waals surface area contributed by atoms with E-state index >= 15 is 0 Å². The first-order valence-corrected chi connectivity index (χ1v) is 11.9. The standard InChI is InChI=1S/C20H16BrF3O3S2/c1-28-18(29(2)25)9-13-3-4-15(20(22,23)24)10-17(13)27-11-12-7-14-5-6-26-19(14)16(21)8-12/h3-10H,11H2,1-2H3. The summed E-state index contributed by atoms with van der Waals surface area (Å²) in [6.45, 7) is 0.0612. The molecule has 0 saturated carbocycles. The number of rotatable bonds is 6. The molecule has 29 heavy (non-hydrogen) atoms. The van der Waals surface area contributed by atoms with Crippen molar-refractivity contribution in [1.29, 1.82) is 0 Å². The molecule has 154 valence electrons. The Hall–Kier alpha value is -1.55. The van der Waals surface area contributed by atoms with Gasteiger partial charge in [0, 0.05) is 17.0 Å². The lowest BCUT2D eigenvalue weighted by Crippen LogP contribution is -2.06. The molecule has 0 radical (unpaired) electrons. The monoisotopic (exact) mass is 504 g/mol. The van der Waals surface area contributed by atoms with E-state index in [1.54, 1.807) is 30.7 Å². The molecule has 1 aromatic heterocycles. The fourth-order valence-electron chi connectivity index (χ4n) is 2.68. The van der Waals surface area contributed by atoms with Crippen molar-refractivity contribution in [3.63, 3.8) is 0 Å². The van der Waals surface area contributed by atoms with Gasteiger partial charge in [-0.1, -0.05) is 17.8 Å². The molecule has 0 fully saturated rings. The average molecular weight is 505 g/mol. The number of alkyl halides is 3. The minimum atomic E-state index is -4.49. The van der Waals surface area contributed by atoms with Crippen molar-refractivity contribution in [3.05, 3.63) is 68.1 Å². The molecule has 0 aliphatic rings. The van der Waals surface area contributed by atoms with Gasteiger partial charge in [-0.2, -0.15) is 13.2 Å². The number of furan rings is 1. The Morgan fingerprint density at radius 2 is 2.03 bits per heavy atom. The molecule has 3 rings (SSSR count). The molecule has 1 unspecified atom stereocenters. The van der Waals surface area contributed by atoms with Crippen LogP contribution >= 0.6 is 27.7 Å². The first-order valence-electron chi connectivity index (χ1n) is 8.28. The van der Waals surface area contributed by atoms with Crippen molar-refractivity contribution in [2.75, 3.05) is 12.5 Å². The van der Waals surface area contributed by atoms with Crippen molar-refractivity contribution in [2.45, 2.75) is 12.8 Å². The van der Waals surface area contributed by atoms with Gasteiger partial charge in [-0.15, -0.1) is 0 Å². The Labute approximate surface area is 181 Å². The molecular formula is C20H16BrF3O3S2. The molecule has 0 aliphatic carbocycles. The van der Waals surface area contributed by atoms with Crippen LogP contribution in [0.3, 0.4) is 0 Å². The van der Waals surface area contributed by atoms with Gasteiger partial charge in [-0.3, -0.25) is 0 Å². The van der Waals surface area contributed by atoms with E-state index in [2.05, 4.69) is 15.9 Å². The fourth-order valence-corrected chi connectivity index (χ4v) is 4.78. The minimum Gasteiger partial charge on any atom is -0.611 e. The van der Waals surface area contributed by atoms with Crippen LogP contribution in [-0.4, -0.2) is 17.1 Å². The van der Waals surface area contributed by atoms with Crippen LogP contribution in [0.5, 0.6) is 5.75 Å². The normalized spacial score (nSPS) is 13.7. The molecule has 0 N–H and O–H groups in total. The molecule has 0 bridgehead atoms. The lowest BCUT2D eigenvalue weighted by atomic mass is 10.1. The van der Waals surface area contributed by atoms with E-state index in [1.165, 1.54) is 24.1 Å². The second-order valence-electron chi connectivity index (χ2n) is 6.08. The van der Waals surface area contributed by atoms with Crippen LogP contribution in [0.1, 0.15) is 16.7 Å². The van der Waals surface area contributed by atoms with Crippen LogP contribution in [0, 0.1) is 0 Å². The summed E-state index contributed by atoms with van der Waals surface area (Å²) in [4.78, 5) is 0. The second kappa shape index (κ2) is 9.07. The van der Waals surface area contributed by atoms with Gasteiger partial charge in [-0.05, 0) is 69.3 Å². The summed E-state index contributed by atoms with van der Waals surface area (Å²) in [5.74, 6) is 0.0697. The summed E-state index contributed by atoms with van der Waals surface area (Å²) in [7, 11) is 0. The summed E-state index contributed by atoms with van der Waals surface area (Å²) in [5.41, 5.74) is 1.08. The number of benzene rings is 2. The van der Waals surface area contributed by atoms with Crippen molar-refractivity contribution >= 4 is 55.9 Å². The third-order valence-electron chi connectivity index (χ3n) is 4.06. The number of hydrogen-bond donors (Lipinski definition) is 0. The highest BCUT2D eigenvalue weighted by molar-refractivity contribution is 9.10. The van der Waals surface area contributed by atoms with E-state index in [9.17, 15) is 17.7 Å². The molecule has 0 spiro atoms. The summed E-state index contributed by atoms with van der Waals surface area (Å²) >= 11 is 3.44. The van der Waals surface area contributed by atoms with Gasteiger partial charge in [0.2, 0.25) is 0 Å². The van der Waals surface area contributed by atoms with Gasteiger partial charge in [0.05, 0.1) is 16.3 Å². The maximum Gasteiger partial charge on any atom is 0.416 e. The number of halogens is 4. The predicted molar refractivity (Wildman–Crippen MR) is 115 cm³/mol. The first-order chi connectivity index (χ1) is 13.7. The third kappa shape index (κ3) is 5.33. The average Bonchev–Trinajstić information content (AvgIpc) is 3.13. The van der Waals surface area contributed by atoms with Gasteiger partial charge in [0.15, 0.2) is 4.24 Å². The van der Waals surface area contributed by atoms with Gasteiger partial charge in [0.1, 0.15) is 24.2 Å². The highest BCUT2D eigenvalue weighted by atomic mass is 79.9. The summed E-state index contributed by atoms with van der Waals surface area (Å²) < 4.78 is 63.7. The quantitative estimate of drug-likeness (QED) is 0.345. The maximum atomic E-state index is 13.2. The van der Waals surface area contributed by atoms with E-state index in [1.807, 2.05) is 6.07 Å². The van der Waals surface area contributed by atoms with Gasteiger partial charge in [-0.25, -0.2) is 0 Å². The Bertz CT molecular complexity index is 1050. The minimum absolute atomic E-state index is 0.0612. The predicted octanol–water partition coefficient (Wildman–Crippen LogP) is 6.83. The number of hydrogen-bond acceptors (Lipinski definition) is 4. The molecule has 3 nitrogen and oxygen atoms in total. The largest absolute Gasteiger partial charge is 0.611 e. The molecular weight excluding hydrogens is 489 g/mol. The van der Waals surface area contributed by atoms with E-state index in [0.29, 0.717) is 15.4 Å². The van der Waals surface area contributed by atoms with E-state index in [4.69, 9.17) is 9.15 Å². The molecule has 9 heteroatoms. The number of thioether (sulfide) groups is 1. The summed E-state index contributed by atoms with van der Waals surface area (Å²) in [6, 6.07) is 8.72. The zero-order chi connectivity index (χ0) is 21.2. The smallest absolute Gasteiger partial charge is 0.416 e. The highest BCUT2D eigenvalue weighted by Crippen LogP contribution is 2.35.